The van der Waals surface area contributed by atoms with Crippen molar-refractivity contribution in [2.75, 3.05) is 5.73 Å². The van der Waals surface area contributed by atoms with Gasteiger partial charge in [0.05, 0.1) is 5.56 Å². The summed E-state index contributed by atoms with van der Waals surface area (Å²) in [4.78, 5) is 12.0. The SMILES string of the molecule is Nc1ccc(Cl)cc1C(=O)NCc1cc(Br)ccc1F. The molecule has 0 heterocycles. The van der Waals surface area contributed by atoms with E-state index in [9.17, 15) is 9.18 Å². The van der Waals surface area contributed by atoms with E-state index < -0.39 is 5.91 Å². The van der Waals surface area contributed by atoms with Crippen molar-refractivity contribution in [3.05, 3.63) is 62.8 Å². The van der Waals surface area contributed by atoms with Crippen molar-refractivity contribution >= 4 is 39.1 Å². The highest BCUT2D eigenvalue weighted by Crippen LogP contribution is 2.19. The number of anilines is 1. The zero-order chi connectivity index (χ0) is 14.7. The summed E-state index contributed by atoms with van der Waals surface area (Å²) >= 11 is 9.07. The van der Waals surface area contributed by atoms with Crippen LogP contribution in [0.1, 0.15) is 15.9 Å². The van der Waals surface area contributed by atoms with Crippen LogP contribution < -0.4 is 11.1 Å². The van der Waals surface area contributed by atoms with Crippen LogP contribution in [0, 0.1) is 5.82 Å². The number of benzene rings is 2. The number of carbonyl (C=O) groups excluding carboxylic acids is 1. The second kappa shape index (κ2) is 6.24. The number of nitrogens with one attached hydrogen (secondary N) is 1. The average molecular weight is 358 g/mol. The van der Waals surface area contributed by atoms with E-state index in [0.29, 0.717) is 16.3 Å². The van der Waals surface area contributed by atoms with Crippen LogP contribution in [0.5, 0.6) is 0 Å². The number of rotatable bonds is 3. The molecule has 3 nitrogen and oxygen atoms in total. The molecule has 0 atom stereocenters. The van der Waals surface area contributed by atoms with Gasteiger partial charge < -0.3 is 11.1 Å². The van der Waals surface area contributed by atoms with Crippen LogP contribution in [-0.4, -0.2) is 5.91 Å². The fraction of sp³-hybridized carbons (Fsp3) is 0.0714. The third-order valence-corrected chi connectivity index (χ3v) is 3.44. The smallest absolute Gasteiger partial charge is 0.253 e. The zero-order valence-electron chi connectivity index (χ0n) is 10.3. The number of hydrogen-bond acceptors (Lipinski definition) is 2. The summed E-state index contributed by atoms with van der Waals surface area (Å²) in [6, 6.07) is 9.16. The maximum absolute atomic E-state index is 13.5. The Morgan fingerprint density at radius 3 is 2.80 bits per heavy atom. The zero-order valence-corrected chi connectivity index (χ0v) is 12.6. The van der Waals surface area contributed by atoms with E-state index in [-0.39, 0.29) is 17.9 Å². The van der Waals surface area contributed by atoms with E-state index in [1.807, 2.05) is 0 Å². The van der Waals surface area contributed by atoms with Gasteiger partial charge in [0.15, 0.2) is 0 Å². The van der Waals surface area contributed by atoms with Crippen LogP contribution in [0.2, 0.25) is 5.02 Å². The molecule has 3 N–H and O–H groups in total. The molecule has 0 aromatic heterocycles. The highest BCUT2D eigenvalue weighted by Gasteiger charge is 2.11. The lowest BCUT2D eigenvalue weighted by molar-refractivity contribution is 0.0951. The van der Waals surface area contributed by atoms with E-state index in [1.54, 1.807) is 24.3 Å². The van der Waals surface area contributed by atoms with Crippen LogP contribution in [0.15, 0.2) is 40.9 Å². The molecule has 0 spiro atoms. The third-order valence-electron chi connectivity index (χ3n) is 2.71. The molecule has 0 saturated carbocycles. The molecule has 0 bridgehead atoms. The molecule has 1 amide bonds. The van der Waals surface area contributed by atoms with Gasteiger partial charge in [-0.3, -0.25) is 4.79 Å². The first-order valence-electron chi connectivity index (χ1n) is 5.74. The Morgan fingerprint density at radius 2 is 2.05 bits per heavy atom. The summed E-state index contributed by atoms with van der Waals surface area (Å²) < 4.78 is 14.3. The Bertz CT molecular complexity index is 664. The highest BCUT2D eigenvalue weighted by molar-refractivity contribution is 9.10. The van der Waals surface area contributed by atoms with Crippen molar-refractivity contribution in [1.29, 1.82) is 0 Å². The number of carbonyl (C=O) groups is 1. The van der Waals surface area contributed by atoms with Gasteiger partial charge in [-0.15, -0.1) is 0 Å². The molecule has 0 aliphatic rings. The second-order valence-corrected chi connectivity index (χ2v) is 5.50. The van der Waals surface area contributed by atoms with Crippen LogP contribution in [0.25, 0.3) is 0 Å². The summed E-state index contributed by atoms with van der Waals surface area (Å²) in [5.41, 5.74) is 6.69. The van der Waals surface area contributed by atoms with Gasteiger partial charge in [-0.05, 0) is 36.4 Å². The lowest BCUT2D eigenvalue weighted by Crippen LogP contribution is -2.24. The van der Waals surface area contributed by atoms with Crippen LogP contribution >= 0.6 is 27.5 Å². The summed E-state index contributed by atoms with van der Waals surface area (Å²) in [6.45, 7) is 0.0655. The molecule has 0 saturated heterocycles. The first kappa shape index (κ1) is 14.8. The molecule has 104 valence electrons. The molecule has 2 aromatic rings. The van der Waals surface area contributed by atoms with Crippen molar-refractivity contribution in [2.24, 2.45) is 0 Å². The maximum atomic E-state index is 13.5. The van der Waals surface area contributed by atoms with Crippen molar-refractivity contribution < 1.29 is 9.18 Å². The Labute approximate surface area is 129 Å². The van der Waals surface area contributed by atoms with Gasteiger partial charge in [-0.2, -0.15) is 0 Å². The predicted molar refractivity (Wildman–Crippen MR) is 81.1 cm³/mol. The standard InChI is InChI=1S/C14H11BrClFN2O/c15-9-1-3-12(17)8(5-9)7-19-14(20)11-6-10(16)2-4-13(11)18/h1-6H,7,18H2,(H,19,20). The van der Waals surface area contributed by atoms with Crippen LogP contribution in [0.4, 0.5) is 10.1 Å². The van der Waals surface area contributed by atoms with Gasteiger partial charge in [0.2, 0.25) is 0 Å². The Balaban J connectivity index is 2.12. The predicted octanol–water partition coefficient (Wildman–Crippen LogP) is 3.75. The lowest BCUT2D eigenvalue weighted by Gasteiger charge is -2.09. The Kier molecular flexibility index (Phi) is 4.62. The molecule has 2 aromatic carbocycles. The number of amides is 1. The minimum absolute atomic E-state index is 0.0655. The van der Waals surface area contributed by atoms with E-state index in [2.05, 4.69) is 21.2 Å². The molecule has 0 fully saturated rings. The highest BCUT2D eigenvalue weighted by atomic mass is 79.9. The first-order chi connectivity index (χ1) is 9.47. The van der Waals surface area contributed by atoms with Gasteiger partial charge in [0.1, 0.15) is 5.82 Å². The average Bonchev–Trinajstić information content (AvgIpc) is 2.42. The minimum atomic E-state index is -0.399. The van der Waals surface area contributed by atoms with E-state index in [0.717, 1.165) is 4.47 Å². The first-order valence-corrected chi connectivity index (χ1v) is 6.91. The second-order valence-electron chi connectivity index (χ2n) is 4.15. The van der Waals surface area contributed by atoms with E-state index in [1.165, 1.54) is 12.1 Å². The molecular formula is C14H11BrClFN2O. The normalized spacial score (nSPS) is 10.3. The van der Waals surface area contributed by atoms with Gasteiger partial charge >= 0.3 is 0 Å². The number of halogens is 3. The molecule has 0 unspecified atom stereocenters. The van der Waals surface area contributed by atoms with Crippen molar-refractivity contribution in [1.82, 2.24) is 5.32 Å². The number of nitrogens with two attached hydrogens (primary N) is 1. The van der Waals surface area contributed by atoms with Crippen molar-refractivity contribution in [3.8, 4) is 0 Å². The molecule has 0 aliphatic carbocycles. The molecular weight excluding hydrogens is 347 g/mol. The van der Waals surface area contributed by atoms with Crippen molar-refractivity contribution in [2.45, 2.75) is 6.54 Å². The molecule has 20 heavy (non-hydrogen) atoms. The van der Waals surface area contributed by atoms with E-state index in [4.69, 9.17) is 17.3 Å². The minimum Gasteiger partial charge on any atom is -0.398 e. The van der Waals surface area contributed by atoms with Gasteiger partial charge in [0.25, 0.3) is 5.91 Å². The molecule has 0 aliphatic heterocycles. The topological polar surface area (TPSA) is 55.1 Å². The fourth-order valence-electron chi connectivity index (χ4n) is 1.67. The lowest BCUT2D eigenvalue weighted by atomic mass is 10.1. The van der Waals surface area contributed by atoms with Crippen molar-refractivity contribution in [3.63, 3.8) is 0 Å². The summed E-state index contributed by atoms with van der Waals surface area (Å²) in [5, 5.41) is 3.03. The third kappa shape index (κ3) is 3.49. The number of hydrogen-bond donors (Lipinski definition) is 2. The fourth-order valence-corrected chi connectivity index (χ4v) is 2.26. The maximum Gasteiger partial charge on any atom is 0.253 e. The van der Waals surface area contributed by atoms with Gasteiger partial charge in [0, 0.05) is 27.3 Å². The monoisotopic (exact) mass is 356 g/mol. The largest absolute Gasteiger partial charge is 0.398 e. The quantitative estimate of drug-likeness (QED) is 0.822. The van der Waals surface area contributed by atoms with Gasteiger partial charge in [-0.25, -0.2) is 4.39 Å². The molecule has 0 radical (unpaired) electrons. The van der Waals surface area contributed by atoms with Crippen LogP contribution in [-0.2, 0) is 6.54 Å². The Morgan fingerprint density at radius 1 is 1.30 bits per heavy atom. The number of nitrogen functional groups attached to an aromatic ring is 1. The van der Waals surface area contributed by atoms with Crippen LogP contribution in [0.3, 0.4) is 0 Å². The summed E-state index contributed by atoms with van der Waals surface area (Å²) in [6.07, 6.45) is 0. The molecule has 6 heteroatoms. The summed E-state index contributed by atoms with van der Waals surface area (Å²) in [7, 11) is 0. The van der Waals surface area contributed by atoms with E-state index >= 15 is 0 Å². The molecule has 2 rings (SSSR count). The Hall–Kier alpha value is -1.59. The van der Waals surface area contributed by atoms with Gasteiger partial charge in [-0.1, -0.05) is 27.5 Å². The summed E-state index contributed by atoms with van der Waals surface area (Å²) in [5.74, 6) is -0.781.